The zero-order chi connectivity index (χ0) is 24.5. The van der Waals surface area contributed by atoms with Crippen LogP contribution in [-0.2, 0) is 4.79 Å². The van der Waals surface area contributed by atoms with Crippen molar-refractivity contribution >= 4 is 28.4 Å². The first-order valence-electron chi connectivity index (χ1n) is 11.1. The summed E-state index contributed by atoms with van der Waals surface area (Å²) in [6.45, 7) is 7.55. The summed E-state index contributed by atoms with van der Waals surface area (Å²) in [7, 11) is 0. The Kier molecular flexibility index (Phi) is 6.62. The number of hydrogen-bond donors (Lipinski definition) is 1. The molecule has 176 valence electrons. The van der Waals surface area contributed by atoms with Crippen molar-refractivity contribution in [1.82, 2.24) is 15.1 Å². The first-order valence-corrected chi connectivity index (χ1v) is 11.5. The maximum absolute atomic E-state index is 13.3. The second kappa shape index (κ2) is 9.47. The third kappa shape index (κ3) is 5.23. The Hall–Kier alpha value is -3.38. The van der Waals surface area contributed by atoms with Crippen molar-refractivity contribution in [1.29, 1.82) is 0 Å². The lowest BCUT2D eigenvalue weighted by Gasteiger charge is -2.29. The minimum absolute atomic E-state index is 0.0569. The first kappa shape index (κ1) is 23.8. The van der Waals surface area contributed by atoms with E-state index < -0.39 is 11.5 Å². The number of carbonyl (C=O) groups excluding carboxylic acids is 1. The van der Waals surface area contributed by atoms with Crippen LogP contribution in [0.25, 0.3) is 16.6 Å². The van der Waals surface area contributed by atoms with E-state index in [9.17, 15) is 9.18 Å². The quantitative estimate of drug-likeness (QED) is 0.344. The molecule has 4 rings (SSSR count). The molecular weight excluding hydrogens is 453 g/mol. The van der Waals surface area contributed by atoms with Crippen LogP contribution in [0.3, 0.4) is 0 Å². The van der Waals surface area contributed by atoms with Crippen LogP contribution in [0.2, 0.25) is 5.02 Å². The molecule has 7 heteroatoms. The number of nitrogens with one attached hydrogen (secondary N) is 1. The lowest BCUT2D eigenvalue weighted by atomic mass is 9.94. The van der Waals surface area contributed by atoms with E-state index in [1.54, 1.807) is 23.0 Å². The topological polar surface area (TPSA) is 56.1 Å². The molecule has 1 N–H and O–H groups in total. The van der Waals surface area contributed by atoms with Crippen molar-refractivity contribution in [2.24, 2.45) is 5.41 Å². The summed E-state index contributed by atoms with van der Waals surface area (Å²) in [5.74, 6) is 0.290. The highest BCUT2D eigenvalue weighted by Crippen LogP contribution is 2.30. The van der Waals surface area contributed by atoms with Gasteiger partial charge in [0.25, 0.3) is 0 Å². The second-order valence-electron chi connectivity index (χ2n) is 9.36. The molecule has 3 aromatic carbocycles. The summed E-state index contributed by atoms with van der Waals surface area (Å²) in [4.78, 5) is 12.6. The molecule has 4 aromatic rings. The Morgan fingerprint density at radius 1 is 1.06 bits per heavy atom. The number of ether oxygens (including phenoxy) is 1. The van der Waals surface area contributed by atoms with Crippen LogP contribution in [0.15, 0.2) is 72.9 Å². The summed E-state index contributed by atoms with van der Waals surface area (Å²) < 4.78 is 21.5. The van der Waals surface area contributed by atoms with Gasteiger partial charge in [0.05, 0.1) is 23.4 Å². The molecule has 2 atom stereocenters. The van der Waals surface area contributed by atoms with E-state index in [1.807, 2.05) is 70.2 Å². The first-order chi connectivity index (χ1) is 16.1. The maximum Gasteiger partial charge on any atom is 0.225 e. The average molecular weight is 480 g/mol. The van der Waals surface area contributed by atoms with E-state index in [4.69, 9.17) is 16.3 Å². The highest BCUT2D eigenvalue weighted by molar-refractivity contribution is 6.30. The van der Waals surface area contributed by atoms with Gasteiger partial charge in [0, 0.05) is 15.8 Å². The molecular formula is C27H27ClFN3O2. The fourth-order valence-electron chi connectivity index (χ4n) is 3.63. The van der Waals surface area contributed by atoms with E-state index in [0.29, 0.717) is 10.8 Å². The molecule has 0 unspecified atom stereocenters. The van der Waals surface area contributed by atoms with Gasteiger partial charge in [0.2, 0.25) is 5.91 Å². The summed E-state index contributed by atoms with van der Waals surface area (Å²) in [6.07, 6.45) is 1.31. The van der Waals surface area contributed by atoms with Crippen LogP contribution in [0.5, 0.6) is 5.75 Å². The van der Waals surface area contributed by atoms with E-state index in [1.165, 1.54) is 12.1 Å². The second-order valence-corrected chi connectivity index (χ2v) is 9.79. The van der Waals surface area contributed by atoms with Gasteiger partial charge in [-0.05, 0) is 67.1 Å². The van der Waals surface area contributed by atoms with Crippen LogP contribution in [0.1, 0.15) is 39.4 Å². The van der Waals surface area contributed by atoms with E-state index in [2.05, 4.69) is 10.4 Å². The van der Waals surface area contributed by atoms with Gasteiger partial charge in [-0.15, -0.1) is 0 Å². The van der Waals surface area contributed by atoms with Crippen LogP contribution in [0.4, 0.5) is 4.39 Å². The van der Waals surface area contributed by atoms with E-state index in [0.717, 1.165) is 22.2 Å². The normalized spacial score (nSPS) is 13.5. The lowest BCUT2D eigenvalue weighted by Crippen LogP contribution is -2.44. The molecule has 34 heavy (non-hydrogen) atoms. The summed E-state index contributed by atoms with van der Waals surface area (Å²) in [6, 6.07) is 19.0. The molecule has 0 aliphatic rings. The van der Waals surface area contributed by atoms with Crippen molar-refractivity contribution in [2.45, 2.75) is 39.8 Å². The molecule has 5 nitrogen and oxygen atoms in total. The van der Waals surface area contributed by atoms with Gasteiger partial charge in [-0.3, -0.25) is 4.79 Å². The van der Waals surface area contributed by atoms with Crippen LogP contribution in [0, 0.1) is 11.2 Å². The average Bonchev–Trinajstić information content (AvgIpc) is 3.21. The minimum atomic E-state index is -0.521. The van der Waals surface area contributed by atoms with Crippen molar-refractivity contribution in [2.75, 3.05) is 0 Å². The molecule has 1 aromatic heterocycles. The molecule has 0 bridgehead atoms. The number of amides is 1. The standard InChI is InChI=1S/C27H27ClFN3O2/c1-17(31-26(33)27(2,3)4)25(18-5-7-20(28)8-6-18)34-23-13-14-24-19(15-23)16-30-32(24)22-11-9-21(29)10-12-22/h5-17,25H,1-4H3,(H,31,33)/t17-,25+/m0/s1. The highest BCUT2D eigenvalue weighted by Gasteiger charge is 2.28. The summed E-state index contributed by atoms with van der Waals surface area (Å²) in [5, 5.41) is 9.03. The van der Waals surface area contributed by atoms with Crippen LogP contribution >= 0.6 is 11.6 Å². The van der Waals surface area contributed by atoms with Crippen LogP contribution in [-0.4, -0.2) is 21.7 Å². The largest absolute Gasteiger partial charge is 0.484 e. The molecule has 0 aliphatic heterocycles. The monoisotopic (exact) mass is 479 g/mol. The lowest BCUT2D eigenvalue weighted by molar-refractivity contribution is -0.129. The Labute approximate surface area is 203 Å². The summed E-state index contributed by atoms with van der Waals surface area (Å²) in [5.41, 5.74) is 2.01. The van der Waals surface area contributed by atoms with Gasteiger partial charge in [-0.2, -0.15) is 5.10 Å². The molecule has 0 saturated heterocycles. The third-order valence-corrected chi connectivity index (χ3v) is 5.82. The van der Waals surface area contributed by atoms with Crippen molar-refractivity contribution in [3.05, 3.63) is 89.3 Å². The fraction of sp³-hybridized carbons (Fsp3) is 0.259. The van der Waals surface area contributed by atoms with Crippen LogP contribution < -0.4 is 10.1 Å². The number of halogens is 2. The molecule has 0 saturated carbocycles. The number of aromatic nitrogens is 2. The SMILES string of the molecule is C[C@H](NC(=O)C(C)(C)C)[C@@H](Oc1ccc2c(cnn2-c2ccc(F)cc2)c1)c1ccc(Cl)cc1. The number of carbonyl (C=O) groups is 1. The predicted octanol–water partition coefficient (Wildman–Crippen LogP) is 6.49. The van der Waals surface area contributed by atoms with Gasteiger partial charge >= 0.3 is 0 Å². The molecule has 0 spiro atoms. The number of rotatable bonds is 6. The molecule has 0 aliphatic carbocycles. The highest BCUT2D eigenvalue weighted by atomic mass is 35.5. The van der Waals surface area contributed by atoms with Gasteiger partial charge < -0.3 is 10.1 Å². The predicted molar refractivity (Wildman–Crippen MR) is 133 cm³/mol. The van der Waals surface area contributed by atoms with Gasteiger partial charge in [-0.1, -0.05) is 44.5 Å². The Morgan fingerprint density at radius 2 is 1.74 bits per heavy atom. The van der Waals surface area contributed by atoms with Gasteiger partial charge in [-0.25, -0.2) is 9.07 Å². The molecule has 1 heterocycles. The van der Waals surface area contributed by atoms with E-state index >= 15 is 0 Å². The fourth-order valence-corrected chi connectivity index (χ4v) is 3.76. The Morgan fingerprint density at radius 3 is 2.38 bits per heavy atom. The Balaban J connectivity index is 1.63. The number of fused-ring (bicyclic) bond motifs is 1. The minimum Gasteiger partial charge on any atom is -0.484 e. The number of benzene rings is 3. The maximum atomic E-state index is 13.3. The third-order valence-electron chi connectivity index (χ3n) is 5.57. The zero-order valence-electron chi connectivity index (χ0n) is 19.5. The summed E-state index contributed by atoms with van der Waals surface area (Å²) >= 11 is 6.09. The molecule has 1 amide bonds. The van der Waals surface area contributed by atoms with Gasteiger partial charge in [0.1, 0.15) is 17.7 Å². The molecule has 0 radical (unpaired) electrons. The number of nitrogens with zero attached hydrogens (tertiary/aromatic N) is 2. The zero-order valence-corrected chi connectivity index (χ0v) is 20.3. The Bertz CT molecular complexity index is 1290. The smallest absolute Gasteiger partial charge is 0.225 e. The van der Waals surface area contributed by atoms with Crippen molar-refractivity contribution < 1.29 is 13.9 Å². The number of hydrogen-bond acceptors (Lipinski definition) is 3. The van der Waals surface area contributed by atoms with Gasteiger partial charge in [0.15, 0.2) is 0 Å². The van der Waals surface area contributed by atoms with Crippen molar-refractivity contribution in [3.63, 3.8) is 0 Å². The van der Waals surface area contributed by atoms with Crippen molar-refractivity contribution in [3.8, 4) is 11.4 Å². The molecule has 0 fully saturated rings. The van der Waals surface area contributed by atoms with E-state index in [-0.39, 0.29) is 17.8 Å².